The lowest BCUT2D eigenvalue weighted by atomic mass is 9.72. The summed E-state index contributed by atoms with van der Waals surface area (Å²) in [5.41, 5.74) is -0.141. The molecule has 1 aliphatic carbocycles. The van der Waals surface area contributed by atoms with Crippen molar-refractivity contribution in [3.8, 4) is 0 Å². The van der Waals surface area contributed by atoms with Crippen LogP contribution in [0.4, 0.5) is 0 Å². The van der Waals surface area contributed by atoms with Gasteiger partial charge in [-0.05, 0) is 26.7 Å². The molecule has 10 heavy (non-hydrogen) atoms. The Hall–Kier alpha value is -0.0800. The quantitative estimate of drug-likeness (QED) is 0.630. The Morgan fingerprint density at radius 1 is 1.40 bits per heavy atom. The van der Waals surface area contributed by atoms with E-state index in [9.17, 15) is 5.11 Å². The highest BCUT2D eigenvalue weighted by atomic mass is 16.5. The molecule has 0 aromatic heterocycles. The van der Waals surface area contributed by atoms with E-state index >= 15 is 0 Å². The maximum Gasteiger partial charge on any atom is 0.0675 e. The van der Waals surface area contributed by atoms with Crippen molar-refractivity contribution in [2.75, 3.05) is 7.11 Å². The van der Waals surface area contributed by atoms with E-state index < -0.39 is 0 Å². The zero-order chi connectivity index (χ0) is 7.78. The van der Waals surface area contributed by atoms with Gasteiger partial charge in [-0.25, -0.2) is 0 Å². The van der Waals surface area contributed by atoms with Gasteiger partial charge in [0.25, 0.3) is 0 Å². The molecule has 60 valence electrons. The molecule has 1 rings (SSSR count). The third kappa shape index (κ3) is 1.18. The van der Waals surface area contributed by atoms with Gasteiger partial charge >= 0.3 is 0 Å². The Labute approximate surface area is 62.2 Å². The van der Waals surface area contributed by atoms with Crippen LogP contribution in [-0.4, -0.2) is 23.9 Å². The van der Waals surface area contributed by atoms with E-state index in [1.807, 2.05) is 13.8 Å². The van der Waals surface area contributed by atoms with E-state index in [0.717, 1.165) is 12.8 Å². The van der Waals surface area contributed by atoms with Crippen LogP contribution in [0.15, 0.2) is 0 Å². The lowest BCUT2D eigenvalue weighted by Crippen LogP contribution is -2.47. The molecule has 0 radical (unpaired) electrons. The van der Waals surface area contributed by atoms with Crippen LogP contribution < -0.4 is 0 Å². The minimum atomic E-state index is -0.141. The summed E-state index contributed by atoms with van der Waals surface area (Å²) in [6.45, 7) is 4.06. The SMILES string of the molecule is COC(C)(C)C1CCC1O. The fraction of sp³-hybridized carbons (Fsp3) is 1.00. The van der Waals surface area contributed by atoms with Crippen LogP contribution in [0.25, 0.3) is 0 Å². The zero-order valence-electron chi connectivity index (χ0n) is 6.92. The summed E-state index contributed by atoms with van der Waals surface area (Å²) in [7, 11) is 1.70. The van der Waals surface area contributed by atoms with E-state index in [1.165, 1.54) is 0 Å². The van der Waals surface area contributed by atoms with Crippen molar-refractivity contribution >= 4 is 0 Å². The number of rotatable bonds is 2. The number of methoxy groups -OCH3 is 1. The molecule has 0 aromatic rings. The molecule has 0 heterocycles. The van der Waals surface area contributed by atoms with Crippen molar-refractivity contribution in [2.45, 2.75) is 38.4 Å². The molecule has 0 aromatic carbocycles. The molecule has 1 N–H and O–H groups in total. The van der Waals surface area contributed by atoms with Crippen LogP contribution in [0.5, 0.6) is 0 Å². The average Bonchev–Trinajstić information content (AvgIpc) is 1.84. The Kier molecular flexibility index (Phi) is 2.02. The Morgan fingerprint density at radius 2 is 2.00 bits per heavy atom. The second-order valence-corrected chi connectivity index (χ2v) is 3.56. The van der Waals surface area contributed by atoms with Gasteiger partial charge in [-0.3, -0.25) is 0 Å². The monoisotopic (exact) mass is 144 g/mol. The summed E-state index contributed by atoms with van der Waals surface area (Å²) >= 11 is 0. The lowest BCUT2D eigenvalue weighted by molar-refractivity contribution is -0.118. The first-order chi connectivity index (χ1) is 4.58. The number of hydrogen-bond donors (Lipinski definition) is 1. The smallest absolute Gasteiger partial charge is 0.0675 e. The standard InChI is InChI=1S/C8H16O2/c1-8(2,10-3)6-4-5-7(6)9/h6-7,9H,4-5H2,1-3H3. The molecule has 0 amide bonds. The van der Waals surface area contributed by atoms with E-state index in [2.05, 4.69) is 0 Å². The van der Waals surface area contributed by atoms with E-state index in [0.29, 0.717) is 5.92 Å². The van der Waals surface area contributed by atoms with Gasteiger partial charge in [0.15, 0.2) is 0 Å². The second-order valence-electron chi connectivity index (χ2n) is 3.56. The van der Waals surface area contributed by atoms with Crippen molar-refractivity contribution in [1.82, 2.24) is 0 Å². The summed E-state index contributed by atoms with van der Waals surface area (Å²) in [6, 6.07) is 0. The van der Waals surface area contributed by atoms with Gasteiger partial charge in [-0.1, -0.05) is 0 Å². The minimum Gasteiger partial charge on any atom is -0.393 e. The molecule has 1 fully saturated rings. The Morgan fingerprint density at radius 3 is 2.10 bits per heavy atom. The van der Waals surface area contributed by atoms with Crippen LogP contribution in [0.1, 0.15) is 26.7 Å². The van der Waals surface area contributed by atoms with Gasteiger partial charge in [0.1, 0.15) is 0 Å². The fourth-order valence-corrected chi connectivity index (χ4v) is 1.44. The van der Waals surface area contributed by atoms with Crippen LogP contribution in [-0.2, 0) is 4.74 Å². The first-order valence-corrected chi connectivity index (χ1v) is 3.81. The minimum absolute atomic E-state index is 0.130. The third-order valence-electron chi connectivity index (χ3n) is 2.66. The van der Waals surface area contributed by atoms with Crippen molar-refractivity contribution in [3.05, 3.63) is 0 Å². The second kappa shape index (κ2) is 2.51. The van der Waals surface area contributed by atoms with Crippen molar-refractivity contribution in [1.29, 1.82) is 0 Å². The van der Waals surface area contributed by atoms with E-state index in [4.69, 9.17) is 4.74 Å². The number of hydrogen-bond acceptors (Lipinski definition) is 2. The van der Waals surface area contributed by atoms with Crippen LogP contribution in [0.3, 0.4) is 0 Å². The molecule has 1 saturated carbocycles. The van der Waals surface area contributed by atoms with Crippen molar-refractivity contribution < 1.29 is 9.84 Å². The highest BCUT2D eigenvalue weighted by Crippen LogP contribution is 2.37. The molecule has 2 atom stereocenters. The number of ether oxygens (including phenoxy) is 1. The maximum atomic E-state index is 9.29. The summed E-state index contributed by atoms with van der Waals surface area (Å²) in [6.07, 6.45) is 1.91. The van der Waals surface area contributed by atoms with E-state index in [1.54, 1.807) is 7.11 Å². The van der Waals surface area contributed by atoms with Gasteiger partial charge < -0.3 is 9.84 Å². The van der Waals surface area contributed by atoms with Crippen molar-refractivity contribution in [2.24, 2.45) is 5.92 Å². The van der Waals surface area contributed by atoms with Gasteiger partial charge in [0.05, 0.1) is 11.7 Å². The topological polar surface area (TPSA) is 29.5 Å². The first-order valence-electron chi connectivity index (χ1n) is 3.81. The van der Waals surface area contributed by atoms with E-state index in [-0.39, 0.29) is 11.7 Å². The number of aliphatic hydroxyl groups excluding tert-OH is 1. The Bertz CT molecular complexity index is 120. The molecule has 0 spiro atoms. The van der Waals surface area contributed by atoms with Crippen LogP contribution in [0.2, 0.25) is 0 Å². The van der Waals surface area contributed by atoms with Crippen LogP contribution >= 0.6 is 0 Å². The largest absolute Gasteiger partial charge is 0.393 e. The molecular weight excluding hydrogens is 128 g/mol. The summed E-state index contributed by atoms with van der Waals surface area (Å²) < 4.78 is 5.25. The molecular formula is C8H16O2. The zero-order valence-corrected chi connectivity index (χ0v) is 6.92. The number of aliphatic hydroxyl groups is 1. The normalized spacial score (nSPS) is 33.6. The molecule has 1 aliphatic rings. The Balaban J connectivity index is 2.47. The molecule has 0 saturated heterocycles. The molecule has 0 bridgehead atoms. The maximum absolute atomic E-state index is 9.29. The van der Waals surface area contributed by atoms with Gasteiger partial charge in [-0.15, -0.1) is 0 Å². The fourth-order valence-electron chi connectivity index (χ4n) is 1.44. The predicted molar refractivity (Wildman–Crippen MR) is 39.8 cm³/mol. The van der Waals surface area contributed by atoms with Gasteiger partial charge in [0, 0.05) is 13.0 Å². The lowest BCUT2D eigenvalue weighted by Gasteiger charge is -2.43. The molecule has 2 unspecified atom stereocenters. The van der Waals surface area contributed by atoms with Gasteiger partial charge in [-0.2, -0.15) is 0 Å². The molecule has 2 heteroatoms. The average molecular weight is 144 g/mol. The van der Waals surface area contributed by atoms with Crippen LogP contribution in [0, 0.1) is 5.92 Å². The van der Waals surface area contributed by atoms with Gasteiger partial charge in [0.2, 0.25) is 0 Å². The third-order valence-corrected chi connectivity index (χ3v) is 2.66. The molecule has 2 nitrogen and oxygen atoms in total. The summed E-state index contributed by atoms with van der Waals surface area (Å²) in [5, 5.41) is 9.29. The summed E-state index contributed by atoms with van der Waals surface area (Å²) in [5.74, 6) is 0.345. The highest BCUT2D eigenvalue weighted by molar-refractivity contribution is 4.91. The predicted octanol–water partition coefficient (Wildman–Crippen LogP) is 1.18. The first kappa shape index (κ1) is 8.02. The van der Waals surface area contributed by atoms with Crippen molar-refractivity contribution in [3.63, 3.8) is 0 Å². The summed E-state index contributed by atoms with van der Waals surface area (Å²) in [4.78, 5) is 0. The molecule has 0 aliphatic heterocycles. The highest BCUT2D eigenvalue weighted by Gasteiger charge is 2.40.